The van der Waals surface area contributed by atoms with Crippen LogP contribution in [-0.2, 0) is 11.2 Å². The van der Waals surface area contributed by atoms with E-state index in [2.05, 4.69) is 10.2 Å². The number of halogens is 2. The highest BCUT2D eigenvalue weighted by Gasteiger charge is 2.37. The summed E-state index contributed by atoms with van der Waals surface area (Å²) in [5.41, 5.74) is 3.38. The number of ether oxygens (including phenoxy) is 1. The van der Waals surface area contributed by atoms with Crippen molar-refractivity contribution in [2.24, 2.45) is 5.92 Å². The highest BCUT2D eigenvalue weighted by molar-refractivity contribution is 5.70. The molecule has 29 heavy (non-hydrogen) atoms. The molecule has 1 aliphatic carbocycles. The normalized spacial score (nSPS) is 27.5. The molecule has 2 aromatic carbocycles. The first-order valence-electron chi connectivity index (χ1n) is 10.3. The van der Waals surface area contributed by atoms with Gasteiger partial charge in [-0.05, 0) is 85.1 Å². The fourth-order valence-electron chi connectivity index (χ4n) is 5.01. The van der Waals surface area contributed by atoms with Crippen molar-refractivity contribution in [3.63, 3.8) is 0 Å². The van der Waals surface area contributed by atoms with Crippen molar-refractivity contribution in [3.05, 3.63) is 59.2 Å². The van der Waals surface area contributed by atoms with Crippen LogP contribution >= 0.6 is 0 Å². The molecule has 2 atom stereocenters. The summed E-state index contributed by atoms with van der Waals surface area (Å²) >= 11 is 0. The maximum absolute atomic E-state index is 13.6. The SMILES string of the molecule is O=C(NC1CCc2ccc(-c3cc(F)cc(F)c3)cc21)O[C@@H]1CN2CCC1CC2. The van der Waals surface area contributed by atoms with Crippen LogP contribution in [0.3, 0.4) is 0 Å². The molecular formula is C23H24F2N2O2. The van der Waals surface area contributed by atoms with E-state index in [0.29, 0.717) is 11.5 Å². The van der Waals surface area contributed by atoms with Crippen LogP contribution in [0.5, 0.6) is 0 Å². The number of carbonyl (C=O) groups excluding carboxylic acids is 1. The molecule has 4 aliphatic rings. The molecular weight excluding hydrogens is 374 g/mol. The van der Waals surface area contributed by atoms with Crippen molar-refractivity contribution in [2.75, 3.05) is 19.6 Å². The summed E-state index contributed by atoms with van der Waals surface area (Å²) in [5.74, 6) is -0.733. The molecule has 3 saturated heterocycles. The molecule has 1 N–H and O–H groups in total. The van der Waals surface area contributed by atoms with Gasteiger partial charge in [0.1, 0.15) is 17.7 Å². The Morgan fingerprint density at radius 2 is 1.76 bits per heavy atom. The molecule has 0 spiro atoms. The number of piperidine rings is 3. The lowest BCUT2D eigenvalue weighted by Gasteiger charge is -2.43. The fourth-order valence-corrected chi connectivity index (χ4v) is 5.01. The Morgan fingerprint density at radius 1 is 1.00 bits per heavy atom. The van der Waals surface area contributed by atoms with E-state index in [-0.39, 0.29) is 18.2 Å². The number of nitrogens with one attached hydrogen (secondary N) is 1. The summed E-state index contributed by atoms with van der Waals surface area (Å²) in [6, 6.07) is 9.15. The lowest BCUT2D eigenvalue weighted by atomic mass is 9.86. The number of hydrogen-bond donors (Lipinski definition) is 1. The van der Waals surface area contributed by atoms with Gasteiger partial charge in [-0.25, -0.2) is 13.6 Å². The monoisotopic (exact) mass is 398 g/mol. The van der Waals surface area contributed by atoms with E-state index in [0.717, 1.165) is 68.1 Å². The van der Waals surface area contributed by atoms with E-state index in [1.807, 2.05) is 18.2 Å². The molecule has 2 bridgehead atoms. The predicted molar refractivity (Wildman–Crippen MR) is 105 cm³/mol. The number of carbonyl (C=O) groups is 1. The van der Waals surface area contributed by atoms with E-state index >= 15 is 0 Å². The molecule has 2 aromatic rings. The fraction of sp³-hybridized carbons (Fsp3) is 0.435. The van der Waals surface area contributed by atoms with Gasteiger partial charge >= 0.3 is 6.09 Å². The summed E-state index contributed by atoms with van der Waals surface area (Å²) in [4.78, 5) is 14.9. The number of nitrogens with zero attached hydrogens (tertiary/aromatic N) is 1. The van der Waals surface area contributed by atoms with Gasteiger partial charge < -0.3 is 10.1 Å². The number of fused-ring (bicyclic) bond motifs is 4. The molecule has 6 heteroatoms. The first kappa shape index (κ1) is 18.6. The minimum Gasteiger partial charge on any atom is -0.445 e. The molecule has 6 rings (SSSR count). The van der Waals surface area contributed by atoms with Gasteiger partial charge in [0.05, 0.1) is 6.04 Å². The van der Waals surface area contributed by atoms with Crippen molar-refractivity contribution >= 4 is 6.09 Å². The Morgan fingerprint density at radius 3 is 2.45 bits per heavy atom. The maximum Gasteiger partial charge on any atom is 0.407 e. The number of benzene rings is 2. The topological polar surface area (TPSA) is 41.6 Å². The molecule has 3 fully saturated rings. The molecule has 1 amide bonds. The molecule has 0 radical (unpaired) electrons. The van der Waals surface area contributed by atoms with Crippen LogP contribution in [0.4, 0.5) is 13.6 Å². The van der Waals surface area contributed by atoms with Crippen LogP contribution in [0, 0.1) is 17.6 Å². The number of rotatable bonds is 3. The third-order valence-corrected chi connectivity index (χ3v) is 6.57. The van der Waals surface area contributed by atoms with Crippen LogP contribution in [-0.4, -0.2) is 36.7 Å². The number of alkyl carbamates (subject to hydrolysis) is 1. The van der Waals surface area contributed by atoms with Gasteiger partial charge in [0.15, 0.2) is 0 Å². The number of amides is 1. The van der Waals surface area contributed by atoms with Gasteiger partial charge in [-0.1, -0.05) is 12.1 Å². The van der Waals surface area contributed by atoms with E-state index in [1.54, 1.807) is 0 Å². The van der Waals surface area contributed by atoms with Gasteiger partial charge in [0.2, 0.25) is 0 Å². The Labute approximate surface area is 168 Å². The quantitative estimate of drug-likeness (QED) is 0.831. The first-order valence-corrected chi connectivity index (χ1v) is 10.3. The van der Waals surface area contributed by atoms with Gasteiger partial charge in [0.25, 0.3) is 0 Å². The smallest absolute Gasteiger partial charge is 0.407 e. The van der Waals surface area contributed by atoms with E-state index in [9.17, 15) is 13.6 Å². The zero-order valence-electron chi connectivity index (χ0n) is 16.2. The van der Waals surface area contributed by atoms with Crippen LogP contribution in [0.25, 0.3) is 11.1 Å². The van der Waals surface area contributed by atoms with Gasteiger partial charge in [0, 0.05) is 12.6 Å². The summed E-state index contributed by atoms with van der Waals surface area (Å²) in [6.45, 7) is 3.03. The Balaban J connectivity index is 1.30. The number of aryl methyl sites for hydroxylation is 1. The molecule has 152 valence electrons. The molecule has 3 aliphatic heterocycles. The molecule has 0 saturated carbocycles. The highest BCUT2D eigenvalue weighted by Crippen LogP contribution is 2.35. The van der Waals surface area contributed by atoms with E-state index in [1.165, 1.54) is 12.1 Å². The summed E-state index contributed by atoms with van der Waals surface area (Å²) < 4.78 is 33.0. The summed E-state index contributed by atoms with van der Waals surface area (Å²) in [7, 11) is 0. The summed E-state index contributed by atoms with van der Waals surface area (Å²) in [6.07, 6.45) is 3.45. The second-order valence-corrected chi connectivity index (χ2v) is 8.39. The van der Waals surface area contributed by atoms with Crippen LogP contribution < -0.4 is 5.32 Å². The minimum absolute atomic E-state index is 0.0278. The molecule has 1 unspecified atom stereocenters. The Bertz CT molecular complexity index is 920. The summed E-state index contributed by atoms with van der Waals surface area (Å²) in [5, 5.41) is 3.02. The zero-order valence-corrected chi connectivity index (χ0v) is 16.2. The van der Waals surface area contributed by atoms with E-state index in [4.69, 9.17) is 4.74 Å². The second-order valence-electron chi connectivity index (χ2n) is 8.39. The lowest BCUT2D eigenvalue weighted by Crippen LogP contribution is -2.52. The van der Waals surface area contributed by atoms with Gasteiger partial charge in [-0.2, -0.15) is 0 Å². The van der Waals surface area contributed by atoms with Gasteiger partial charge in [-0.3, -0.25) is 4.90 Å². The average molecular weight is 398 g/mol. The maximum atomic E-state index is 13.6. The standard InChI is InChI=1S/C23H24F2N2O2/c24-18-9-17(10-19(25)12-18)16-2-1-14-3-4-21(20(14)11-16)26-23(28)29-22-13-27-7-5-15(22)6-8-27/h1-2,9-12,15,21-22H,3-8,13H2,(H,26,28)/t21?,22-/m1/s1. The van der Waals surface area contributed by atoms with Crippen LogP contribution in [0.1, 0.15) is 36.4 Å². The molecule has 0 aromatic heterocycles. The predicted octanol–water partition coefficient (Wildman–Crippen LogP) is 4.44. The Hall–Kier alpha value is -2.47. The minimum atomic E-state index is -0.601. The first-order chi connectivity index (χ1) is 14.0. The Kier molecular flexibility index (Phi) is 4.74. The molecule has 4 nitrogen and oxygen atoms in total. The van der Waals surface area contributed by atoms with Crippen LogP contribution in [0.15, 0.2) is 36.4 Å². The third kappa shape index (κ3) is 3.73. The van der Waals surface area contributed by atoms with Crippen molar-refractivity contribution in [1.29, 1.82) is 0 Å². The van der Waals surface area contributed by atoms with E-state index < -0.39 is 11.6 Å². The van der Waals surface area contributed by atoms with Gasteiger partial charge in [-0.15, -0.1) is 0 Å². The third-order valence-electron chi connectivity index (χ3n) is 6.57. The van der Waals surface area contributed by atoms with Crippen molar-refractivity contribution in [3.8, 4) is 11.1 Å². The van der Waals surface area contributed by atoms with Crippen molar-refractivity contribution in [1.82, 2.24) is 10.2 Å². The second kappa shape index (κ2) is 7.41. The average Bonchev–Trinajstić information content (AvgIpc) is 3.10. The van der Waals surface area contributed by atoms with Crippen molar-refractivity contribution in [2.45, 2.75) is 37.8 Å². The van der Waals surface area contributed by atoms with Crippen molar-refractivity contribution < 1.29 is 18.3 Å². The highest BCUT2D eigenvalue weighted by atomic mass is 19.1. The zero-order chi connectivity index (χ0) is 20.0. The molecule has 3 heterocycles. The lowest BCUT2D eigenvalue weighted by molar-refractivity contribution is -0.0339. The van der Waals surface area contributed by atoms with Crippen LogP contribution in [0.2, 0.25) is 0 Å². The largest absolute Gasteiger partial charge is 0.445 e. The number of hydrogen-bond acceptors (Lipinski definition) is 3.